The number of hydrogen-bond acceptors (Lipinski definition) is 4. The summed E-state index contributed by atoms with van der Waals surface area (Å²) in [6.45, 7) is 4.53. The van der Waals surface area contributed by atoms with Crippen molar-refractivity contribution in [3.63, 3.8) is 0 Å². The Hall–Kier alpha value is -1.89. The average molecular weight is 378 g/mol. The van der Waals surface area contributed by atoms with Crippen LogP contribution in [-0.2, 0) is 4.74 Å². The summed E-state index contributed by atoms with van der Waals surface area (Å²) in [5.41, 5.74) is 1.68. The number of thiophene rings is 1. The summed E-state index contributed by atoms with van der Waals surface area (Å²) in [6.07, 6.45) is 0.777. The fourth-order valence-electron chi connectivity index (χ4n) is 2.61. The van der Waals surface area contributed by atoms with Gasteiger partial charge in [-0.3, -0.25) is 4.79 Å². The number of benzene rings is 1. The number of aromatic nitrogens is 2. The first-order chi connectivity index (χ1) is 12.0. The third-order valence-electron chi connectivity index (χ3n) is 3.98. The minimum Gasteiger partial charge on any atom is -0.385 e. The summed E-state index contributed by atoms with van der Waals surface area (Å²) >= 11 is 7.73. The van der Waals surface area contributed by atoms with E-state index < -0.39 is 0 Å². The fourth-order valence-corrected chi connectivity index (χ4v) is 3.90. The van der Waals surface area contributed by atoms with E-state index in [-0.39, 0.29) is 11.9 Å². The van der Waals surface area contributed by atoms with Crippen molar-refractivity contribution in [1.82, 2.24) is 15.1 Å². The lowest BCUT2D eigenvalue weighted by Crippen LogP contribution is -2.32. The van der Waals surface area contributed by atoms with Crippen LogP contribution in [0.1, 0.15) is 28.7 Å². The maximum atomic E-state index is 12.5. The molecule has 0 bridgehead atoms. The number of aryl methyl sites for hydroxylation is 1. The summed E-state index contributed by atoms with van der Waals surface area (Å²) in [5.74, 6) is -0.0742. The number of carbonyl (C=O) groups is 1. The fraction of sp³-hybridized carbons (Fsp3) is 0.333. The van der Waals surface area contributed by atoms with Crippen LogP contribution in [0.25, 0.3) is 15.9 Å². The van der Waals surface area contributed by atoms with E-state index in [0.29, 0.717) is 16.5 Å². The van der Waals surface area contributed by atoms with Gasteiger partial charge in [-0.05, 0) is 38.5 Å². The van der Waals surface area contributed by atoms with Crippen molar-refractivity contribution >= 4 is 39.1 Å². The minimum absolute atomic E-state index is 0.0545. The molecule has 5 nitrogen and oxygen atoms in total. The van der Waals surface area contributed by atoms with E-state index in [1.54, 1.807) is 7.11 Å². The topological polar surface area (TPSA) is 56.1 Å². The molecule has 1 aromatic carbocycles. The monoisotopic (exact) mass is 377 g/mol. The van der Waals surface area contributed by atoms with E-state index in [9.17, 15) is 4.79 Å². The highest BCUT2D eigenvalue weighted by atomic mass is 35.5. The molecule has 3 rings (SSSR count). The zero-order valence-corrected chi connectivity index (χ0v) is 15.9. The van der Waals surface area contributed by atoms with E-state index in [0.717, 1.165) is 28.0 Å². The Labute approximate surface area is 155 Å². The average Bonchev–Trinajstić information content (AvgIpc) is 3.14. The van der Waals surface area contributed by atoms with Crippen LogP contribution < -0.4 is 5.32 Å². The van der Waals surface area contributed by atoms with E-state index in [1.165, 1.54) is 11.3 Å². The second kappa shape index (κ2) is 7.56. The molecule has 1 atom stereocenters. The Morgan fingerprint density at radius 3 is 2.92 bits per heavy atom. The summed E-state index contributed by atoms with van der Waals surface area (Å²) in [6, 6.07) is 9.50. The van der Waals surface area contributed by atoms with E-state index in [1.807, 2.05) is 48.9 Å². The molecule has 25 heavy (non-hydrogen) atoms. The molecule has 1 amide bonds. The van der Waals surface area contributed by atoms with Gasteiger partial charge in [0.05, 0.1) is 21.3 Å². The number of rotatable bonds is 6. The molecule has 0 saturated carbocycles. The third kappa shape index (κ3) is 3.71. The van der Waals surface area contributed by atoms with Gasteiger partial charge in [-0.15, -0.1) is 11.3 Å². The highest BCUT2D eigenvalue weighted by molar-refractivity contribution is 7.20. The molecule has 7 heteroatoms. The number of halogens is 1. The molecule has 1 unspecified atom stereocenters. The van der Waals surface area contributed by atoms with Crippen LogP contribution in [0.3, 0.4) is 0 Å². The SMILES string of the molecule is COCCC(C)NC(=O)c1cc2c(C)nn(-c3ccccc3Cl)c2s1. The highest BCUT2D eigenvalue weighted by Gasteiger charge is 2.19. The number of ether oxygens (including phenoxy) is 1. The van der Waals surface area contributed by atoms with Crippen molar-refractivity contribution in [2.45, 2.75) is 26.3 Å². The van der Waals surface area contributed by atoms with Gasteiger partial charge in [-0.25, -0.2) is 4.68 Å². The molecule has 3 aromatic rings. The van der Waals surface area contributed by atoms with Crippen LogP contribution in [0.2, 0.25) is 5.02 Å². The Bertz CT molecular complexity index is 903. The Kier molecular flexibility index (Phi) is 5.42. The number of nitrogens with zero attached hydrogens (tertiary/aromatic N) is 2. The predicted molar refractivity (Wildman–Crippen MR) is 102 cm³/mol. The van der Waals surface area contributed by atoms with Crippen molar-refractivity contribution in [2.75, 3.05) is 13.7 Å². The van der Waals surface area contributed by atoms with Crippen LogP contribution in [-0.4, -0.2) is 35.4 Å². The Morgan fingerprint density at radius 2 is 2.20 bits per heavy atom. The molecule has 0 spiro atoms. The molecule has 0 saturated heterocycles. The number of fused-ring (bicyclic) bond motifs is 1. The first-order valence-corrected chi connectivity index (χ1v) is 9.24. The molecule has 1 N–H and O–H groups in total. The first kappa shape index (κ1) is 17.9. The molecule has 0 aliphatic carbocycles. The third-order valence-corrected chi connectivity index (χ3v) is 5.41. The number of amides is 1. The summed E-state index contributed by atoms with van der Waals surface area (Å²) in [4.78, 5) is 14.1. The summed E-state index contributed by atoms with van der Waals surface area (Å²) in [7, 11) is 1.66. The van der Waals surface area contributed by atoms with Gasteiger partial charge in [0.1, 0.15) is 4.83 Å². The maximum Gasteiger partial charge on any atom is 0.261 e. The highest BCUT2D eigenvalue weighted by Crippen LogP contribution is 2.32. The van der Waals surface area contributed by atoms with Crippen molar-refractivity contribution in [2.24, 2.45) is 0 Å². The molecule has 0 fully saturated rings. The zero-order chi connectivity index (χ0) is 18.0. The van der Waals surface area contributed by atoms with Gasteiger partial charge in [0.2, 0.25) is 0 Å². The van der Waals surface area contributed by atoms with Crippen LogP contribution in [0, 0.1) is 6.92 Å². The molecular weight excluding hydrogens is 358 g/mol. The molecule has 2 heterocycles. The van der Waals surface area contributed by atoms with Crippen molar-refractivity contribution in [1.29, 1.82) is 0 Å². The van der Waals surface area contributed by atoms with Gasteiger partial charge < -0.3 is 10.1 Å². The number of methoxy groups -OCH3 is 1. The quantitative estimate of drug-likeness (QED) is 0.700. The number of hydrogen-bond donors (Lipinski definition) is 1. The lowest BCUT2D eigenvalue weighted by atomic mass is 10.2. The predicted octanol–water partition coefficient (Wildman–Crippen LogP) is 4.20. The summed E-state index contributed by atoms with van der Waals surface area (Å²) < 4.78 is 6.86. The smallest absolute Gasteiger partial charge is 0.261 e. The minimum atomic E-state index is -0.0742. The van der Waals surface area contributed by atoms with E-state index in [2.05, 4.69) is 10.4 Å². The van der Waals surface area contributed by atoms with Crippen LogP contribution in [0.4, 0.5) is 0 Å². The van der Waals surface area contributed by atoms with Gasteiger partial charge in [0, 0.05) is 25.1 Å². The van der Waals surface area contributed by atoms with Crippen LogP contribution in [0.15, 0.2) is 30.3 Å². The van der Waals surface area contributed by atoms with Gasteiger partial charge in [-0.2, -0.15) is 5.10 Å². The lowest BCUT2D eigenvalue weighted by Gasteiger charge is -2.12. The number of nitrogens with one attached hydrogen (secondary N) is 1. The maximum absolute atomic E-state index is 12.5. The van der Waals surface area contributed by atoms with Crippen LogP contribution in [0.5, 0.6) is 0 Å². The van der Waals surface area contributed by atoms with Gasteiger partial charge in [0.25, 0.3) is 5.91 Å². The van der Waals surface area contributed by atoms with Crippen molar-refractivity contribution < 1.29 is 9.53 Å². The lowest BCUT2D eigenvalue weighted by molar-refractivity contribution is 0.0934. The molecule has 2 aromatic heterocycles. The first-order valence-electron chi connectivity index (χ1n) is 8.05. The van der Waals surface area contributed by atoms with Crippen LogP contribution >= 0.6 is 22.9 Å². The normalized spacial score (nSPS) is 12.5. The molecule has 132 valence electrons. The Balaban J connectivity index is 1.92. The van der Waals surface area contributed by atoms with Crippen molar-refractivity contribution in [3.05, 3.63) is 45.9 Å². The van der Waals surface area contributed by atoms with Gasteiger partial charge >= 0.3 is 0 Å². The van der Waals surface area contributed by atoms with Gasteiger partial charge in [0.15, 0.2) is 0 Å². The molecule has 0 aliphatic heterocycles. The van der Waals surface area contributed by atoms with Gasteiger partial charge in [-0.1, -0.05) is 23.7 Å². The van der Waals surface area contributed by atoms with Crippen molar-refractivity contribution in [3.8, 4) is 5.69 Å². The number of carbonyl (C=O) groups excluding carboxylic acids is 1. The molecule has 0 aliphatic rings. The second-order valence-corrected chi connectivity index (χ2v) is 7.37. The standard InChI is InChI=1S/C18H20ClN3O2S/c1-11(8-9-24-3)20-17(23)16-10-13-12(2)21-22(18(13)25-16)15-7-5-4-6-14(15)19/h4-7,10-11H,8-9H2,1-3H3,(H,20,23). The molecular formula is C18H20ClN3O2S. The number of para-hydroxylation sites is 1. The molecule has 0 radical (unpaired) electrons. The summed E-state index contributed by atoms with van der Waals surface area (Å²) in [5, 5.41) is 9.18. The Morgan fingerprint density at radius 1 is 1.44 bits per heavy atom. The zero-order valence-electron chi connectivity index (χ0n) is 14.4. The van der Waals surface area contributed by atoms with E-state index in [4.69, 9.17) is 16.3 Å². The second-order valence-electron chi connectivity index (χ2n) is 5.93. The van der Waals surface area contributed by atoms with E-state index >= 15 is 0 Å². The largest absolute Gasteiger partial charge is 0.385 e.